The Balaban J connectivity index is 2.21. The highest BCUT2D eigenvalue weighted by atomic mass is 16.7. The lowest BCUT2D eigenvalue weighted by molar-refractivity contribution is -0.302. The van der Waals surface area contributed by atoms with Gasteiger partial charge in [0.15, 0.2) is 6.29 Å². The van der Waals surface area contributed by atoms with Crippen molar-refractivity contribution in [2.75, 3.05) is 19.8 Å². The second-order valence-electron chi connectivity index (χ2n) is 19.6. The molecule has 1 amide bonds. The Morgan fingerprint density at radius 1 is 0.528 bits per heavy atom. The van der Waals surface area contributed by atoms with Gasteiger partial charge in [0.1, 0.15) is 24.4 Å². The molecule has 0 aromatic heterocycles. The van der Waals surface area contributed by atoms with Crippen LogP contribution in [0.5, 0.6) is 0 Å². The van der Waals surface area contributed by atoms with Crippen LogP contribution in [0.1, 0.15) is 226 Å². The van der Waals surface area contributed by atoms with Gasteiger partial charge in [-0.05, 0) is 116 Å². The smallest absolute Gasteiger partial charge is 0.305 e. The molecular formula is C61H105NO10. The Hall–Kier alpha value is -3.16. The molecule has 7 atom stereocenters. The lowest BCUT2D eigenvalue weighted by Crippen LogP contribution is -2.60. The number of aliphatic hydroxyl groups excluding tert-OH is 5. The molecule has 0 aliphatic carbocycles. The predicted molar refractivity (Wildman–Crippen MR) is 296 cm³/mol. The Labute approximate surface area is 438 Å². The summed E-state index contributed by atoms with van der Waals surface area (Å²) in [5.74, 6) is -0.280. The molecule has 1 aliphatic rings. The first-order chi connectivity index (χ1) is 35.2. The molecule has 0 radical (unpaired) electrons. The van der Waals surface area contributed by atoms with Gasteiger partial charge in [0, 0.05) is 12.8 Å². The highest BCUT2D eigenvalue weighted by Gasteiger charge is 2.44. The van der Waals surface area contributed by atoms with E-state index >= 15 is 0 Å². The highest BCUT2D eigenvalue weighted by Crippen LogP contribution is 2.23. The number of hydrogen-bond acceptors (Lipinski definition) is 10. The topological polar surface area (TPSA) is 175 Å². The van der Waals surface area contributed by atoms with E-state index in [1.165, 1.54) is 70.6 Å². The number of hydrogen-bond donors (Lipinski definition) is 6. The lowest BCUT2D eigenvalue weighted by atomic mass is 9.99. The summed E-state index contributed by atoms with van der Waals surface area (Å²) in [4.78, 5) is 25.1. The fourth-order valence-electron chi connectivity index (χ4n) is 8.29. The first-order valence-corrected chi connectivity index (χ1v) is 28.9. The predicted octanol–water partition coefficient (Wildman–Crippen LogP) is 13.0. The summed E-state index contributed by atoms with van der Waals surface area (Å²) in [6, 6.07) is -0.854. The van der Waals surface area contributed by atoms with E-state index in [4.69, 9.17) is 14.2 Å². The van der Waals surface area contributed by atoms with Crippen molar-refractivity contribution in [1.82, 2.24) is 5.32 Å². The van der Waals surface area contributed by atoms with Gasteiger partial charge in [-0.1, -0.05) is 182 Å². The minimum atomic E-state index is -1.59. The molecule has 1 fully saturated rings. The van der Waals surface area contributed by atoms with Gasteiger partial charge in [0.25, 0.3) is 0 Å². The molecule has 11 nitrogen and oxygen atoms in total. The van der Waals surface area contributed by atoms with Crippen molar-refractivity contribution in [2.24, 2.45) is 0 Å². The van der Waals surface area contributed by atoms with Crippen LogP contribution in [0.25, 0.3) is 0 Å². The summed E-state index contributed by atoms with van der Waals surface area (Å²) in [5.41, 5.74) is 0. The second kappa shape index (κ2) is 50.0. The Bertz CT molecular complexity index is 1470. The summed E-state index contributed by atoms with van der Waals surface area (Å²) in [7, 11) is 0. The number of ether oxygens (including phenoxy) is 3. The minimum Gasteiger partial charge on any atom is -0.466 e. The number of rotatable bonds is 48. The molecule has 72 heavy (non-hydrogen) atoms. The van der Waals surface area contributed by atoms with Crippen LogP contribution in [0.4, 0.5) is 0 Å². The Kier molecular flexibility index (Phi) is 46.4. The average molecular weight is 1010 g/mol. The highest BCUT2D eigenvalue weighted by molar-refractivity contribution is 5.76. The van der Waals surface area contributed by atoms with Crippen LogP contribution in [0.15, 0.2) is 85.1 Å². The molecule has 6 N–H and O–H groups in total. The van der Waals surface area contributed by atoms with Crippen LogP contribution in [-0.2, 0) is 23.8 Å². The van der Waals surface area contributed by atoms with E-state index in [1.54, 1.807) is 6.08 Å². The summed E-state index contributed by atoms with van der Waals surface area (Å²) >= 11 is 0. The number of nitrogens with one attached hydrogen (secondary N) is 1. The molecule has 11 heteroatoms. The maximum Gasteiger partial charge on any atom is 0.305 e. The lowest BCUT2D eigenvalue weighted by Gasteiger charge is -2.40. The van der Waals surface area contributed by atoms with Crippen molar-refractivity contribution in [1.29, 1.82) is 0 Å². The molecule has 1 heterocycles. The van der Waals surface area contributed by atoms with Crippen molar-refractivity contribution in [3.05, 3.63) is 85.1 Å². The number of unbranched alkanes of at least 4 members (excludes halogenated alkanes) is 23. The molecule has 0 aromatic carbocycles. The normalized spacial score (nSPS) is 19.7. The zero-order valence-corrected chi connectivity index (χ0v) is 45.4. The molecule has 0 spiro atoms. The number of allylic oxidation sites excluding steroid dienone is 13. The van der Waals surface area contributed by atoms with Crippen LogP contribution in [-0.4, -0.2) is 100 Å². The number of esters is 1. The second-order valence-corrected chi connectivity index (χ2v) is 19.6. The van der Waals surface area contributed by atoms with Gasteiger partial charge < -0.3 is 45.1 Å². The average Bonchev–Trinajstić information content (AvgIpc) is 3.38. The minimum absolute atomic E-state index is 0.0584. The molecular weight excluding hydrogens is 907 g/mol. The first-order valence-electron chi connectivity index (χ1n) is 28.9. The summed E-state index contributed by atoms with van der Waals surface area (Å²) in [6.07, 6.45) is 56.6. The zero-order chi connectivity index (χ0) is 52.4. The van der Waals surface area contributed by atoms with E-state index in [0.29, 0.717) is 32.3 Å². The SMILES string of the molecule is CCCC/C=C\C/C=C\CCCCCCCC(=O)OCCCCC/C=C\C=C/CCCCCCCCC(=O)NC(COC1OC(CO)C(O)C(O)C1O)C(O)/C=C/CC/C=C/CC/C=C/CCCCCCC. The molecule has 0 saturated carbocycles. The monoisotopic (exact) mass is 1010 g/mol. The molecule has 1 aliphatic heterocycles. The van der Waals surface area contributed by atoms with Crippen LogP contribution >= 0.6 is 0 Å². The van der Waals surface area contributed by atoms with E-state index in [1.807, 2.05) is 6.08 Å². The molecule has 0 bridgehead atoms. The number of carbonyl (C=O) groups excluding carboxylic acids is 2. The third kappa shape index (κ3) is 39.3. The van der Waals surface area contributed by atoms with Crippen molar-refractivity contribution >= 4 is 11.9 Å². The largest absolute Gasteiger partial charge is 0.466 e. The Morgan fingerprint density at radius 2 is 1.00 bits per heavy atom. The van der Waals surface area contributed by atoms with Crippen LogP contribution < -0.4 is 5.32 Å². The van der Waals surface area contributed by atoms with Crippen molar-refractivity contribution in [3.63, 3.8) is 0 Å². The number of amides is 1. The maximum absolute atomic E-state index is 13.0. The quantitative estimate of drug-likeness (QED) is 0.0149. The van der Waals surface area contributed by atoms with Crippen LogP contribution in [0, 0.1) is 0 Å². The van der Waals surface area contributed by atoms with E-state index in [0.717, 1.165) is 116 Å². The van der Waals surface area contributed by atoms with Gasteiger partial charge in [-0.15, -0.1) is 0 Å². The van der Waals surface area contributed by atoms with Crippen molar-refractivity contribution in [2.45, 2.75) is 269 Å². The van der Waals surface area contributed by atoms with Gasteiger partial charge >= 0.3 is 5.97 Å². The fraction of sp³-hybridized carbons (Fsp3) is 0.738. The Morgan fingerprint density at radius 3 is 1.58 bits per heavy atom. The zero-order valence-electron chi connectivity index (χ0n) is 45.4. The fourth-order valence-corrected chi connectivity index (χ4v) is 8.29. The molecule has 414 valence electrons. The van der Waals surface area contributed by atoms with E-state index in [9.17, 15) is 35.1 Å². The number of aliphatic hydroxyl groups is 5. The van der Waals surface area contributed by atoms with Crippen LogP contribution in [0.2, 0.25) is 0 Å². The van der Waals surface area contributed by atoms with Gasteiger partial charge in [0.05, 0.1) is 32.0 Å². The van der Waals surface area contributed by atoms with Gasteiger partial charge in [-0.25, -0.2) is 0 Å². The standard InChI is InChI=1S/C61H105NO10/c1-3-5-7-9-11-13-15-17-20-23-27-31-35-39-43-47-54(64)53(52-71-61-60(69)59(68)58(67)55(51-63)72-61)62-56(65)48-44-40-36-32-28-24-21-19-22-26-30-34-38-42-46-50-70-57(66)49-45-41-37-33-29-25-18-16-14-12-10-8-6-4-2/h10,12,15-19,22,26-27,30-31,43,47,53-55,58-61,63-64,67-69H,3-9,11,13-14,20-21,23-25,28-29,32-42,44-46,48-52H2,1-2H3,(H,62,65)/b12-10-,17-15+,18-16-,22-19-,30-26-,31-27+,47-43+. The summed E-state index contributed by atoms with van der Waals surface area (Å²) in [6.45, 7) is 4.17. The third-order valence-electron chi connectivity index (χ3n) is 13.0. The van der Waals surface area contributed by atoms with E-state index in [2.05, 4.69) is 92.1 Å². The molecule has 1 rings (SSSR count). The maximum atomic E-state index is 13.0. The summed E-state index contributed by atoms with van der Waals surface area (Å²) < 4.78 is 16.6. The van der Waals surface area contributed by atoms with Crippen molar-refractivity contribution in [3.8, 4) is 0 Å². The van der Waals surface area contributed by atoms with E-state index in [-0.39, 0.29) is 18.5 Å². The number of carbonyl (C=O) groups is 2. The van der Waals surface area contributed by atoms with Gasteiger partial charge in [-0.3, -0.25) is 9.59 Å². The van der Waals surface area contributed by atoms with Gasteiger partial charge in [-0.2, -0.15) is 0 Å². The van der Waals surface area contributed by atoms with Crippen LogP contribution in [0.3, 0.4) is 0 Å². The molecule has 7 unspecified atom stereocenters. The van der Waals surface area contributed by atoms with E-state index < -0.39 is 49.5 Å². The molecule has 0 aromatic rings. The summed E-state index contributed by atoms with van der Waals surface area (Å²) in [5, 5.41) is 54.3. The first kappa shape index (κ1) is 66.9. The van der Waals surface area contributed by atoms with Crippen molar-refractivity contribution < 1.29 is 49.3 Å². The third-order valence-corrected chi connectivity index (χ3v) is 13.0. The van der Waals surface area contributed by atoms with Gasteiger partial charge in [0.2, 0.25) is 5.91 Å². The molecule has 1 saturated heterocycles.